The molecule has 1 aromatic carbocycles. The Morgan fingerprint density at radius 1 is 1.47 bits per heavy atom. The molecule has 0 aromatic heterocycles. The molecule has 1 atom stereocenters. The molecule has 15 heavy (non-hydrogen) atoms. The van der Waals surface area contributed by atoms with Crippen molar-refractivity contribution in [3.8, 4) is 0 Å². The first kappa shape index (κ1) is 12.6. The Hall–Kier alpha value is -0.490. The molecule has 0 bridgehead atoms. The van der Waals surface area contributed by atoms with Crippen LogP contribution in [0.5, 0.6) is 0 Å². The predicted octanol–water partition coefficient (Wildman–Crippen LogP) is 2.42. The van der Waals surface area contributed by atoms with E-state index in [1.807, 2.05) is 0 Å². The van der Waals surface area contributed by atoms with E-state index in [1.165, 1.54) is 6.07 Å². The lowest BCUT2D eigenvalue weighted by Gasteiger charge is -2.18. The number of aliphatic hydroxyl groups is 1. The number of nitrogens with zero attached hydrogens (tertiary/aromatic N) is 1. The van der Waals surface area contributed by atoms with E-state index >= 15 is 0 Å². The van der Waals surface area contributed by atoms with Gasteiger partial charge in [0, 0.05) is 10.5 Å². The van der Waals surface area contributed by atoms with Crippen molar-refractivity contribution in [2.45, 2.75) is 15.5 Å². The summed E-state index contributed by atoms with van der Waals surface area (Å²) >= 11 is 14.9. The number of benzene rings is 1. The highest BCUT2D eigenvalue weighted by atomic mass is 35.5. The average Bonchev–Trinajstić information content (AvgIpc) is 2.17. The fourth-order valence-corrected chi connectivity index (χ4v) is 1.52. The predicted molar refractivity (Wildman–Crippen MR) is 60.1 cm³/mol. The van der Waals surface area contributed by atoms with Crippen molar-refractivity contribution in [1.29, 1.82) is 0 Å². The Labute approximate surface area is 101 Å². The first-order valence-corrected chi connectivity index (χ1v) is 5.06. The lowest BCUT2D eigenvalue weighted by atomic mass is 10.1. The summed E-state index contributed by atoms with van der Waals surface area (Å²) in [6.45, 7) is 0. The van der Waals surface area contributed by atoms with Gasteiger partial charge in [-0.1, -0.05) is 18.2 Å². The smallest absolute Gasteiger partial charge is 0.378 e. The van der Waals surface area contributed by atoms with E-state index in [2.05, 4.69) is 12.6 Å². The van der Waals surface area contributed by atoms with Crippen LogP contribution in [0.4, 0.5) is 0 Å². The highest BCUT2D eigenvalue weighted by molar-refractivity contribution is 7.80. The molecule has 0 saturated carbocycles. The molecule has 82 valence electrons. The number of nitro groups is 1. The number of halogens is 2. The summed E-state index contributed by atoms with van der Waals surface area (Å²) in [7, 11) is 0. The third-order valence-corrected chi connectivity index (χ3v) is 2.90. The van der Waals surface area contributed by atoms with Gasteiger partial charge in [-0.3, -0.25) is 10.1 Å². The van der Waals surface area contributed by atoms with E-state index in [0.29, 0.717) is 4.90 Å². The molecular weight excluding hydrogens is 261 g/mol. The Balaban J connectivity index is 3.10. The van der Waals surface area contributed by atoms with Gasteiger partial charge < -0.3 is 5.11 Å². The van der Waals surface area contributed by atoms with E-state index in [9.17, 15) is 15.2 Å². The lowest BCUT2D eigenvalue weighted by Crippen LogP contribution is -2.32. The topological polar surface area (TPSA) is 63.4 Å². The van der Waals surface area contributed by atoms with E-state index in [0.717, 1.165) is 0 Å². The molecular formula is C8H7Cl2NO3S. The minimum Gasteiger partial charge on any atom is -0.378 e. The highest BCUT2D eigenvalue weighted by Crippen LogP contribution is 2.38. The molecule has 0 aliphatic rings. The maximum absolute atomic E-state index is 10.5. The highest BCUT2D eigenvalue weighted by Gasteiger charge is 2.48. The standard InChI is InChI=1S/C8H7Cl2NO3S/c9-8(10,11(13)14)7(12)5-3-1-2-4-6(5)15/h1-4,7,12,15H. The maximum Gasteiger partial charge on any atom is 0.400 e. The van der Waals surface area contributed by atoms with Gasteiger partial charge >= 0.3 is 4.46 Å². The number of rotatable bonds is 3. The van der Waals surface area contributed by atoms with Crippen LogP contribution in [0.2, 0.25) is 0 Å². The largest absolute Gasteiger partial charge is 0.400 e. The molecule has 0 spiro atoms. The average molecular weight is 268 g/mol. The van der Waals surface area contributed by atoms with Crippen molar-refractivity contribution in [3.63, 3.8) is 0 Å². The van der Waals surface area contributed by atoms with E-state index in [-0.39, 0.29) is 5.56 Å². The number of thiol groups is 1. The van der Waals surface area contributed by atoms with Gasteiger partial charge in [-0.15, -0.1) is 12.6 Å². The normalized spacial score (nSPS) is 13.6. The molecule has 0 aliphatic heterocycles. The third kappa shape index (κ3) is 2.55. The van der Waals surface area contributed by atoms with Crippen molar-refractivity contribution >= 4 is 35.8 Å². The van der Waals surface area contributed by atoms with Gasteiger partial charge in [0.2, 0.25) is 0 Å². The van der Waals surface area contributed by atoms with Gasteiger partial charge in [-0.25, -0.2) is 0 Å². The summed E-state index contributed by atoms with van der Waals surface area (Å²) in [6.07, 6.45) is -1.63. The molecule has 1 N–H and O–H groups in total. The van der Waals surface area contributed by atoms with Crippen LogP contribution in [0.25, 0.3) is 0 Å². The first-order valence-electron chi connectivity index (χ1n) is 3.85. The molecule has 4 nitrogen and oxygen atoms in total. The summed E-state index contributed by atoms with van der Waals surface area (Å²) < 4.78 is -2.47. The van der Waals surface area contributed by atoms with Crippen molar-refractivity contribution < 1.29 is 10.0 Å². The molecule has 0 aliphatic carbocycles. The Bertz CT molecular complexity index is 386. The molecule has 7 heteroatoms. The molecule has 1 unspecified atom stereocenters. The fraction of sp³-hybridized carbons (Fsp3) is 0.250. The molecule has 1 aromatic rings. The second kappa shape index (κ2) is 4.57. The zero-order valence-electron chi connectivity index (χ0n) is 7.30. The second-order valence-electron chi connectivity index (χ2n) is 2.81. The van der Waals surface area contributed by atoms with Crippen LogP contribution in [0.1, 0.15) is 11.7 Å². The van der Waals surface area contributed by atoms with Crippen molar-refractivity contribution in [1.82, 2.24) is 0 Å². The Kier molecular flexibility index (Phi) is 3.83. The lowest BCUT2D eigenvalue weighted by molar-refractivity contribution is -0.529. The van der Waals surface area contributed by atoms with Crippen LogP contribution in [0.15, 0.2) is 29.2 Å². The van der Waals surface area contributed by atoms with Crippen LogP contribution >= 0.6 is 35.8 Å². The molecule has 0 radical (unpaired) electrons. The molecule has 0 amide bonds. The number of hydrogen-bond donors (Lipinski definition) is 2. The van der Waals surface area contributed by atoms with E-state index < -0.39 is 15.5 Å². The van der Waals surface area contributed by atoms with Crippen LogP contribution in [0.3, 0.4) is 0 Å². The molecule has 1 rings (SSSR count). The van der Waals surface area contributed by atoms with Crippen molar-refractivity contribution in [3.05, 3.63) is 39.9 Å². The van der Waals surface area contributed by atoms with Crippen molar-refractivity contribution in [2.75, 3.05) is 0 Å². The van der Waals surface area contributed by atoms with Gasteiger partial charge in [-0.05, 0) is 29.3 Å². The minimum atomic E-state index is -2.47. The summed E-state index contributed by atoms with van der Waals surface area (Å²) in [5.74, 6) is 0. The monoisotopic (exact) mass is 267 g/mol. The van der Waals surface area contributed by atoms with Crippen LogP contribution in [0, 0.1) is 10.1 Å². The quantitative estimate of drug-likeness (QED) is 0.291. The summed E-state index contributed by atoms with van der Waals surface area (Å²) in [4.78, 5) is 9.93. The van der Waals surface area contributed by atoms with Gasteiger partial charge in [0.1, 0.15) is 0 Å². The summed E-state index contributed by atoms with van der Waals surface area (Å²) in [6, 6.07) is 6.32. The number of aliphatic hydroxyl groups excluding tert-OH is 1. The summed E-state index contributed by atoms with van der Waals surface area (Å²) in [5.41, 5.74) is 0.211. The Morgan fingerprint density at radius 3 is 2.47 bits per heavy atom. The molecule has 0 heterocycles. The third-order valence-electron chi connectivity index (χ3n) is 1.80. The van der Waals surface area contributed by atoms with Gasteiger partial charge in [0.25, 0.3) is 0 Å². The number of hydrogen-bond acceptors (Lipinski definition) is 4. The fourth-order valence-electron chi connectivity index (χ4n) is 1.01. The summed E-state index contributed by atoms with van der Waals surface area (Å²) in [5, 5.41) is 20.1. The van der Waals surface area contributed by atoms with Crippen molar-refractivity contribution in [2.24, 2.45) is 0 Å². The van der Waals surface area contributed by atoms with Crippen LogP contribution < -0.4 is 0 Å². The van der Waals surface area contributed by atoms with Gasteiger partial charge in [-0.2, -0.15) is 0 Å². The second-order valence-corrected chi connectivity index (χ2v) is 4.63. The first-order chi connectivity index (χ1) is 6.87. The van der Waals surface area contributed by atoms with Gasteiger partial charge in [0.15, 0.2) is 6.10 Å². The molecule has 0 fully saturated rings. The minimum absolute atomic E-state index is 0.211. The number of alkyl halides is 2. The van der Waals surface area contributed by atoms with Crippen LogP contribution in [-0.4, -0.2) is 14.5 Å². The van der Waals surface area contributed by atoms with E-state index in [1.54, 1.807) is 18.2 Å². The van der Waals surface area contributed by atoms with Crippen LogP contribution in [-0.2, 0) is 0 Å². The van der Waals surface area contributed by atoms with Gasteiger partial charge in [0.05, 0.1) is 4.92 Å². The Morgan fingerprint density at radius 2 is 2.00 bits per heavy atom. The van der Waals surface area contributed by atoms with E-state index in [4.69, 9.17) is 23.2 Å². The zero-order valence-corrected chi connectivity index (χ0v) is 9.71. The zero-order chi connectivity index (χ0) is 11.6. The maximum atomic E-state index is 10.5. The molecule has 0 saturated heterocycles. The SMILES string of the molecule is O=[N+]([O-])C(Cl)(Cl)C(O)c1ccccc1S.